The zero-order chi connectivity index (χ0) is 16.8. The minimum Gasteiger partial charge on any atom is -0.490 e. The number of aliphatic hydroxyl groups is 1. The van der Waals surface area contributed by atoms with E-state index < -0.39 is 12.1 Å². The van der Waals surface area contributed by atoms with Gasteiger partial charge in [0.15, 0.2) is 0 Å². The molecular formula is C16H21N3O4. The normalized spacial score (nSPS) is 11.8. The molecular weight excluding hydrogens is 298 g/mol. The number of nitrogens with one attached hydrogen (secondary N) is 2. The van der Waals surface area contributed by atoms with Crippen LogP contribution in [-0.4, -0.2) is 35.5 Å². The van der Waals surface area contributed by atoms with E-state index in [0.29, 0.717) is 5.69 Å². The molecule has 2 rings (SSSR count). The van der Waals surface area contributed by atoms with Crippen molar-refractivity contribution in [3.05, 3.63) is 41.1 Å². The van der Waals surface area contributed by atoms with Crippen molar-refractivity contribution in [2.45, 2.75) is 26.9 Å². The van der Waals surface area contributed by atoms with Crippen molar-refractivity contribution in [1.82, 2.24) is 10.5 Å². The number of nitrogens with zero attached hydrogens (tertiary/aromatic N) is 1. The third kappa shape index (κ3) is 5.00. The second-order valence-corrected chi connectivity index (χ2v) is 5.35. The summed E-state index contributed by atoms with van der Waals surface area (Å²) in [7, 11) is 0. The number of anilines is 1. The largest absolute Gasteiger partial charge is 0.490 e. The Morgan fingerprint density at radius 2 is 2.04 bits per heavy atom. The molecule has 0 unspecified atom stereocenters. The molecule has 1 heterocycles. The van der Waals surface area contributed by atoms with Crippen LogP contribution in [0.5, 0.6) is 5.75 Å². The van der Waals surface area contributed by atoms with Gasteiger partial charge in [0.1, 0.15) is 18.5 Å². The lowest BCUT2D eigenvalue weighted by Crippen LogP contribution is -2.37. The number of carbonyl (C=O) groups is 1. The predicted octanol–water partition coefficient (Wildman–Crippen LogP) is 2.16. The van der Waals surface area contributed by atoms with Gasteiger partial charge in [-0.15, -0.1) is 0 Å². The summed E-state index contributed by atoms with van der Waals surface area (Å²) in [5.74, 6) is 1.01. The number of aryl methyl sites for hydroxylation is 3. The Bertz CT molecular complexity index is 649. The van der Waals surface area contributed by atoms with Crippen LogP contribution in [0.3, 0.4) is 0 Å². The van der Waals surface area contributed by atoms with Crippen molar-refractivity contribution in [3.63, 3.8) is 0 Å². The molecule has 23 heavy (non-hydrogen) atoms. The van der Waals surface area contributed by atoms with E-state index in [0.717, 1.165) is 16.9 Å². The maximum atomic E-state index is 11.6. The van der Waals surface area contributed by atoms with Gasteiger partial charge in [-0.05, 0) is 31.9 Å². The Balaban J connectivity index is 1.74. The third-order valence-corrected chi connectivity index (χ3v) is 3.19. The summed E-state index contributed by atoms with van der Waals surface area (Å²) in [6.07, 6.45) is -0.823. The second kappa shape index (κ2) is 7.64. The zero-order valence-corrected chi connectivity index (χ0v) is 13.4. The van der Waals surface area contributed by atoms with Gasteiger partial charge < -0.3 is 19.7 Å². The number of amides is 2. The molecule has 1 aromatic carbocycles. The van der Waals surface area contributed by atoms with Crippen LogP contribution >= 0.6 is 0 Å². The topological polar surface area (TPSA) is 96.6 Å². The Hall–Kier alpha value is -2.54. The number of ether oxygens (including phenoxy) is 1. The van der Waals surface area contributed by atoms with Gasteiger partial charge in [-0.3, -0.25) is 5.32 Å². The van der Waals surface area contributed by atoms with Crippen LogP contribution in [0.4, 0.5) is 10.7 Å². The first-order chi connectivity index (χ1) is 11.0. The highest BCUT2D eigenvalue weighted by Crippen LogP contribution is 2.22. The summed E-state index contributed by atoms with van der Waals surface area (Å²) in [4.78, 5) is 11.6. The Kier molecular flexibility index (Phi) is 5.59. The van der Waals surface area contributed by atoms with Gasteiger partial charge in [-0.1, -0.05) is 23.4 Å². The number of benzene rings is 1. The molecule has 1 aromatic heterocycles. The molecule has 7 heteroatoms. The first-order valence-corrected chi connectivity index (χ1v) is 7.31. The molecule has 0 bridgehead atoms. The van der Waals surface area contributed by atoms with Gasteiger partial charge in [-0.2, -0.15) is 0 Å². The van der Waals surface area contributed by atoms with E-state index in [1.807, 2.05) is 32.0 Å². The molecule has 0 fully saturated rings. The Morgan fingerprint density at radius 1 is 1.35 bits per heavy atom. The maximum absolute atomic E-state index is 11.6. The number of rotatable bonds is 6. The maximum Gasteiger partial charge on any atom is 0.321 e. The van der Waals surface area contributed by atoms with Crippen molar-refractivity contribution in [1.29, 1.82) is 0 Å². The minimum atomic E-state index is -0.823. The molecule has 0 radical (unpaired) electrons. The highest BCUT2D eigenvalue weighted by Gasteiger charge is 2.11. The molecule has 0 aliphatic carbocycles. The smallest absolute Gasteiger partial charge is 0.321 e. The lowest BCUT2D eigenvalue weighted by Gasteiger charge is -2.16. The van der Waals surface area contributed by atoms with E-state index in [1.165, 1.54) is 0 Å². The summed E-state index contributed by atoms with van der Waals surface area (Å²) in [5.41, 5.74) is 2.68. The number of urea groups is 1. The SMILES string of the molecule is Cc1cc(NC(=O)NC[C@@H](O)COc2c(C)cccc2C)on1. The molecule has 2 aromatic rings. The summed E-state index contributed by atoms with van der Waals surface area (Å²) in [6, 6.07) is 6.96. The van der Waals surface area contributed by atoms with Crippen LogP contribution in [0.15, 0.2) is 28.8 Å². The van der Waals surface area contributed by atoms with Crippen LogP contribution in [0.1, 0.15) is 16.8 Å². The van der Waals surface area contributed by atoms with Crippen LogP contribution in [0.25, 0.3) is 0 Å². The summed E-state index contributed by atoms with van der Waals surface area (Å²) >= 11 is 0. The van der Waals surface area contributed by atoms with E-state index in [-0.39, 0.29) is 19.0 Å². The van der Waals surface area contributed by atoms with Crippen LogP contribution in [0.2, 0.25) is 0 Å². The first kappa shape index (κ1) is 16.8. The van der Waals surface area contributed by atoms with E-state index in [4.69, 9.17) is 9.26 Å². The molecule has 124 valence electrons. The summed E-state index contributed by atoms with van der Waals surface area (Å²) in [6.45, 7) is 5.79. The van der Waals surface area contributed by atoms with Gasteiger partial charge in [0.2, 0.25) is 5.88 Å². The summed E-state index contributed by atoms with van der Waals surface area (Å²) < 4.78 is 10.5. The molecule has 7 nitrogen and oxygen atoms in total. The lowest BCUT2D eigenvalue weighted by molar-refractivity contribution is 0.107. The number of hydrogen-bond donors (Lipinski definition) is 3. The highest BCUT2D eigenvalue weighted by atomic mass is 16.5. The number of aromatic nitrogens is 1. The number of aliphatic hydroxyl groups excluding tert-OH is 1. The summed E-state index contributed by atoms with van der Waals surface area (Å²) in [5, 5.41) is 18.6. The van der Waals surface area contributed by atoms with Crippen LogP contribution in [0, 0.1) is 20.8 Å². The predicted molar refractivity (Wildman–Crippen MR) is 85.7 cm³/mol. The van der Waals surface area contributed by atoms with Crippen LogP contribution in [-0.2, 0) is 0 Å². The molecule has 2 amide bonds. The fourth-order valence-electron chi connectivity index (χ4n) is 2.05. The van der Waals surface area contributed by atoms with Crippen LogP contribution < -0.4 is 15.4 Å². The molecule has 0 spiro atoms. The monoisotopic (exact) mass is 319 g/mol. The third-order valence-electron chi connectivity index (χ3n) is 3.19. The van der Waals surface area contributed by atoms with Crippen molar-refractivity contribution >= 4 is 11.9 Å². The molecule has 1 atom stereocenters. The van der Waals surface area contributed by atoms with E-state index in [2.05, 4.69) is 15.8 Å². The van der Waals surface area contributed by atoms with Crippen molar-refractivity contribution in [2.24, 2.45) is 0 Å². The van der Waals surface area contributed by atoms with E-state index >= 15 is 0 Å². The van der Waals surface area contributed by atoms with Gasteiger partial charge in [0.25, 0.3) is 0 Å². The minimum absolute atomic E-state index is 0.0594. The molecule has 0 saturated heterocycles. The zero-order valence-electron chi connectivity index (χ0n) is 13.4. The van der Waals surface area contributed by atoms with Crippen molar-refractivity contribution < 1.29 is 19.2 Å². The molecule has 0 aliphatic heterocycles. The molecule has 0 saturated carbocycles. The number of hydrogen-bond acceptors (Lipinski definition) is 5. The molecule has 3 N–H and O–H groups in total. The number of carbonyl (C=O) groups excluding carboxylic acids is 1. The van der Waals surface area contributed by atoms with Gasteiger partial charge in [0, 0.05) is 12.6 Å². The standard InChI is InChI=1S/C16H21N3O4/c1-10-5-4-6-11(2)15(10)22-9-13(20)8-17-16(21)18-14-7-12(3)19-23-14/h4-7,13,20H,8-9H2,1-3H3,(H2,17,18,21)/t13-/m1/s1. The Labute approximate surface area is 134 Å². The van der Waals surface area contributed by atoms with E-state index in [1.54, 1.807) is 13.0 Å². The van der Waals surface area contributed by atoms with Gasteiger partial charge >= 0.3 is 6.03 Å². The van der Waals surface area contributed by atoms with E-state index in [9.17, 15) is 9.90 Å². The lowest BCUT2D eigenvalue weighted by atomic mass is 10.1. The number of para-hydroxylation sites is 1. The second-order valence-electron chi connectivity index (χ2n) is 5.35. The highest BCUT2D eigenvalue weighted by molar-refractivity contribution is 5.87. The average molecular weight is 319 g/mol. The fourth-order valence-corrected chi connectivity index (χ4v) is 2.05. The van der Waals surface area contributed by atoms with Crippen molar-refractivity contribution in [3.8, 4) is 5.75 Å². The fraction of sp³-hybridized carbons (Fsp3) is 0.375. The first-order valence-electron chi connectivity index (χ1n) is 7.31. The van der Waals surface area contributed by atoms with Gasteiger partial charge in [-0.25, -0.2) is 4.79 Å². The van der Waals surface area contributed by atoms with Crippen molar-refractivity contribution in [2.75, 3.05) is 18.5 Å². The Morgan fingerprint density at radius 3 is 2.65 bits per heavy atom. The quantitative estimate of drug-likeness (QED) is 0.758. The average Bonchev–Trinajstić information content (AvgIpc) is 2.89. The van der Waals surface area contributed by atoms with Gasteiger partial charge in [0.05, 0.1) is 5.69 Å². The molecule has 0 aliphatic rings.